The molecule has 0 amide bonds. The van der Waals surface area contributed by atoms with Crippen LogP contribution in [0.5, 0.6) is 11.5 Å². The Morgan fingerprint density at radius 1 is 1.15 bits per heavy atom. The highest BCUT2D eigenvalue weighted by Gasteiger charge is 2.08. The smallest absolute Gasteiger partial charge is 0.129 e. The lowest BCUT2D eigenvalue weighted by atomic mass is 10.2. The summed E-state index contributed by atoms with van der Waals surface area (Å²) in [6, 6.07) is 10.1. The lowest BCUT2D eigenvalue weighted by Crippen LogP contribution is -2.00. The molecule has 2 aromatic rings. The first-order valence-electron chi connectivity index (χ1n) is 5.93. The van der Waals surface area contributed by atoms with E-state index in [-0.39, 0.29) is 12.4 Å². The molecule has 0 saturated carbocycles. The lowest BCUT2D eigenvalue weighted by Gasteiger charge is -2.12. The van der Waals surface area contributed by atoms with Gasteiger partial charge in [0, 0.05) is 15.6 Å². The summed E-state index contributed by atoms with van der Waals surface area (Å²) in [4.78, 5) is 0. The van der Waals surface area contributed by atoms with Crippen LogP contribution in [0.15, 0.2) is 40.9 Å². The molecule has 106 valence electrons. The van der Waals surface area contributed by atoms with Crippen molar-refractivity contribution < 1.29 is 13.9 Å². The highest BCUT2D eigenvalue weighted by molar-refractivity contribution is 9.10. The summed E-state index contributed by atoms with van der Waals surface area (Å²) < 4.78 is 25.2. The molecule has 0 spiro atoms. The zero-order valence-electron chi connectivity index (χ0n) is 10.8. The SMILES string of the molecule is COc1ccc(OCc2cc(Br)ccc2F)c(CCl)c1. The summed E-state index contributed by atoms with van der Waals surface area (Å²) >= 11 is 9.19. The van der Waals surface area contributed by atoms with Gasteiger partial charge in [0.15, 0.2) is 0 Å². The first-order valence-corrected chi connectivity index (χ1v) is 7.26. The van der Waals surface area contributed by atoms with Crippen LogP contribution in [0.2, 0.25) is 0 Å². The molecular weight excluding hydrogens is 347 g/mol. The first kappa shape index (κ1) is 15.1. The zero-order valence-corrected chi connectivity index (χ0v) is 13.2. The predicted octanol–water partition coefficient (Wildman–Crippen LogP) is 4.91. The van der Waals surface area contributed by atoms with Crippen LogP contribution in [0.25, 0.3) is 0 Å². The Balaban J connectivity index is 2.16. The fourth-order valence-corrected chi connectivity index (χ4v) is 2.35. The van der Waals surface area contributed by atoms with Gasteiger partial charge in [0.1, 0.15) is 23.9 Å². The standard InChI is InChI=1S/C15H13BrClFO2/c1-19-13-3-5-15(10(7-13)8-17)20-9-11-6-12(16)2-4-14(11)18/h2-7H,8-9H2,1H3. The van der Waals surface area contributed by atoms with Gasteiger partial charge in [-0.3, -0.25) is 0 Å². The minimum absolute atomic E-state index is 0.140. The first-order chi connectivity index (χ1) is 9.63. The van der Waals surface area contributed by atoms with Gasteiger partial charge in [-0.2, -0.15) is 0 Å². The highest BCUT2D eigenvalue weighted by Crippen LogP contribution is 2.27. The zero-order chi connectivity index (χ0) is 14.5. The van der Waals surface area contributed by atoms with Crippen molar-refractivity contribution in [3.63, 3.8) is 0 Å². The Kier molecular flexibility index (Phi) is 5.26. The van der Waals surface area contributed by atoms with E-state index in [4.69, 9.17) is 21.1 Å². The van der Waals surface area contributed by atoms with E-state index >= 15 is 0 Å². The van der Waals surface area contributed by atoms with Gasteiger partial charge < -0.3 is 9.47 Å². The molecule has 0 atom stereocenters. The van der Waals surface area contributed by atoms with Crippen molar-refractivity contribution in [3.05, 3.63) is 57.8 Å². The summed E-state index contributed by atoms with van der Waals surface area (Å²) in [6.07, 6.45) is 0. The number of rotatable bonds is 5. The largest absolute Gasteiger partial charge is 0.497 e. The third-order valence-electron chi connectivity index (χ3n) is 2.80. The molecule has 2 nitrogen and oxygen atoms in total. The maximum atomic E-state index is 13.6. The predicted molar refractivity (Wildman–Crippen MR) is 81.0 cm³/mol. The summed E-state index contributed by atoms with van der Waals surface area (Å²) in [5.41, 5.74) is 1.29. The Labute approximate surface area is 130 Å². The van der Waals surface area contributed by atoms with E-state index in [0.717, 1.165) is 10.0 Å². The Bertz CT molecular complexity index is 604. The molecule has 0 N–H and O–H groups in total. The Morgan fingerprint density at radius 2 is 1.95 bits per heavy atom. The van der Waals surface area contributed by atoms with Crippen LogP contribution in [0.3, 0.4) is 0 Å². The maximum Gasteiger partial charge on any atom is 0.129 e. The normalized spacial score (nSPS) is 10.4. The van der Waals surface area contributed by atoms with E-state index in [2.05, 4.69) is 15.9 Å². The Morgan fingerprint density at radius 3 is 2.65 bits per heavy atom. The van der Waals surface area contributed by atoms with E-state index in [1.807, 2.05) is 0 Å². The average Bonchev–Trinajstić information content (AvgIpc) is 2.48. The molecule has 0 aliphatic rings. The number of hydrogen-bond donors (Lipinski definition) is 0. The van der Waals surface area contributed by atoms with E-state index in [9.17, 15) is 4.39 Å². The van der Waals surface area contributed by atoms with Gasteiger partial charge in [-0.1, -0.05) is 15.9 Å². The van der Waals surface area contributed by atoms with E-state index in [1.54, 1.807) is 37.4 Å². The molecule has 0 radical (unpaired) electrons. The lowest BCUT2D eigenvalue weighted by molar-refractivity contribution is 0.296. The number of alkyl halides is 1. The van der Waals surface area contributed by atoms with Crippen molar-refractivity contribution in [3.8, 4) is 11.5 Å². The highest BCUT2D eigenvalue weighted by atomic mass is 79.9. The average molecular weight is 360 g/mol. The van der Waals surface area contributed by atoms with Gasteiger partial charge in [0.2, 0.25) is 0 Å². The van der Waals surface area contributed by atoms with Gasteiger partial charge in [-0.25, -0.2) is 4.39 Å². The quantitative estimate of drug-likeness (QED) is 0.706. The van der Waals surface area contributed by atoms with Crippen LogP contribution in [0.4, 0.5) is 4.39 Å². The second-order valence-corrected chi connectivity index (χ2v) is 5.31. The maximum absolute atomic E-state index is 13.6. The second-order valence-electron chi connectivity index (χ2n) is 4.13. The monoisotopic (exact) mass is 358 g/mol. The van der Waals surface area contributed by atoms with Gasteiger partial charge in [-0.05, 0) is 36.4 Å². The minimum Gasteiger partial charge on any atom is -0.497 e. The van der Waals surface area contributed by atoms with Crippen molar-refractivity contribution in [2.75, 3.05) is 7.11 Å². The molecule has 0 aliphatic heterocycles. The molecule has 5 heteroatoms. The van der Waals surface area contributed by atoms with Gasteiger partial charge in [0.25, 0.3) is 0 Å². The molecule has 2 aromatic carbocycles. The summed E-state index contributed by atoms with van der Waals surface area (Å²) in [7, 11) is 1.59. The molecule has 0 aromatic heterocycles. The van der Waals surface area contributed by atoms with Crippen LogP contribution >= 0.6 is 27.5 Å². The van der Waals surface area contributed by atoms with Gasteiger partial charge in [0.05, 0.1) is 13.0 Å². The van der Waals surface area contributed by atoms with Crippen LogP contribution in [-0.4, -0.2) is 7.11 Å². The van der Waals surface area contributed by atoms with Crippen LogP contribution in [-0.2, 0) is 12.5 Å². The summed E-state index contributed by atoms with van der Waals surface area (Å²) in [5, 5.41) is 0. The van der Waals surface area contributed by atoms with Crippen molar-refractivity contribution in [2.24, 2.45) is 0 Å². The van der Waals surface area contributed by atoms with Gasteiger partial charge >= 0.3 is 0 Å². The number of hydrogen-bond acceptors (Lipinski definition) is 2. The Hall–Kier alpha value is -1.26. The third-order valence-corrected chi connectivity index (χ3v) is 3.58. The molecule has 0 fully saturated rings. The van der Waals surface area contributed by atoms with E-state index in [1.165, 1.54) is 6.07 Å². The van der Waals surface area contributed by atoms with Gasteiger partial charge in [-0.15, -0.1) is 11.6 Å². The summed E-state index contributed by atoms with van der Waals surface area (Å²) in [5.74, 6) is 1.34. The van der Waals surface area contributed by atoms with E-state index in [0.29, 0.717) is 22.9 Å². The van der Waals surface area contributed by atoms with Crippen LogP contribution < -0.4 is 9.47 Å². The number of methoxy groups -OCH3 is 1. The van der Waals surface area contributed by atoms with Crippen molar-refractivity contribution in [1.29, 1.82) is 0 Å². The number of halogens is 3. The molecule has 20 heavy (non-hydrogen) atoms. The molecular formula is C15H13BrClFO2. The topological polar surface area (TPSA) is 18.5 Å². The van der Waals surface area contributed by atoms with Crippen LogP contribution in [0, 0.1) is 5.82 Å². The minimum atomic E-state index is -0.297. The summed E-state index contributed by atoms with van der Waals surface area (Å²) in [6.45, 7) is 0.140. The van der Waals surface area contributed by atoms with E-state index < -0.39 is 0 Å². The van der Waals surface area contributed by atoms with Crippen molar-refractivity contribution in [1.82, 2.24) is 0 Å². The van der Waals surface area contributed by atoms with Crippen molar-refractivity contribution >= 4 is 27.5 Å². The molecule has 0 bridgehead atoms. The third kappa shape index (κ3) is 3.64. The fraction of sp³-hybridized carbons (Fsp3) is 0.200. The molecule has 2 rings (SSSR count). The second kappa shape index (κ2) is 6.95. The number of benzene rings is 2. The molecule has 0 unspecified atom stereocenters. The molecule has 0 aliphatic carbocycles. The molecule has 0 heterocycles. The fourth-order valence-electron chi connectivity index (χ4n) is 1.74. The van der Waals surface area contributed by atoms with Crippen molar-refractivity contribution in [2.45, 2.75) is 12.5 Å². The van der Waals surface area contributed by atoms with Crippen LogP contribution in [0.1, 0.15) is 11.1 Å². The molecule has 0 saturated heterocycles. The number of ether oxygens (including phenoxy) is 2.